The van der Waals surface area contributed by atoms with E-state index in [-0.39, 0.29) is 11.4 Å². The monoisotopic (exact) mass is 321 g/mol. The first-order chi connectivity index (χ1) is 9.85. The first-order valence-corrected chi connectivity index (χ1v) is 6.34. The largest absolute Gasteiger partial charge is 0.496 e. The van der Waals surface area contributed by atoms with Crippen LogP contribution >= 0.6 is 11.6 Å². The van der Waals surface area contributed by atoms with Crippen LogP contribution in [0.5, 0.6) is 5.75 Å². The van der Waals surface area contributed by atoms with Crippen molar-refractivity contribution in [2.24, 2.45) is 0 Å². The molecule has 1 amide bonds. The third-order valence-corrected chi connectivity index (χ3v) is 3.03. The zero-order valence-corrected chi connectivity index (χ0v) is 11.9. The molecule has 1 unspecified atom stereocenters. The molecule has 0 aromatic heterocycles. The number of methoxy groups -OCH3 is 1. The van der Waals surface area contributed by atoms with E-state index in [0.29, 0.717) is 11.3 Å². The van der Waals surface area contributed by atoms with Gasteiger partial charge in [-0.15, -0.1) is 0 Å². The molecule has 21 heavy (non-hydrogen) atoms. The van der Waals surface area contributed by atoms with Crippen LogP contribution in [0.2, 0.25) is 5.02 Å². The van der Waals surface area contributed by atoms with Gasteiger partial charge in [0.2, 0.25) is 12.3 Å². The topological polar surface area (TPSA) is 75.6 Å². The number of carboxylic acid groups (broad SMARTS) is 1. The highest BCUT2D eigenvalue weighted by molar-refractivity contribution is 6.31. The Morgan fingerprint density at radius 2 is 2.10 bits per heavy atom. The fourth-order valence-electron chi connectivity index (χ4n) is 1.71. The molecule has 116 valence electrons. The van der Waals surface area contributed by atoms with Gasteiger partial charge in [-0.2, -0.15) is 0 Å². The molecule has 1 aromatic rings. The van der Waals surface area contributed by atoms with Crippen LogP contribution < -0.4 is 10.1 Å². The van der Waals surface area contributed by atoms with Crippen LogP contribution in [0.1, 0.15) is 12.0 Å². The van der Waals surface area contributed by atoms with Crippen molar-refractivity contribution in [2.45, 2.75) is 25.3 Å². The summed E-state index contributed by atoms with van der Waals surface area (Å²) in [6, 6.07) is 3.11. The lowest BCUT2D eigenvalue weighted by atomic mass is 10.1. The standard InChI is InChI=1S/C13H14ClF2NO4/c1-21-10-4-2-3-8(14)7(10)5-12(18)17-9(13(19)20)6-11(15)16/h2-4,9,11H,5-6H2,1H3,(H,17,18)(H,19,20). The van der Waals surface area contributed by atoms with Crippen LogP contribution in [0.4, 0.5) is 8.78 Å². The van der Waals surface area contributed by atoms with Crippen molar-refractivity contribution in [1.29, 1.82) is 0 Å². The number of nitrogens with one attached hydrogen (secondary N) is 1. The molecule has 0 saturated heterocycles. The molecule has 1 rings (SSSR count). The van der Waals surface area contributed by atoms with Gasteiger partial charge in [-0.1, -0.05) is 17.7 Å². The summed E-state index contributed by atoms with van der Waals surface area (Å²) in [7, 11) is 1.39. The highest BCUT2D eigenvalue weighted by Crippen LogP contribution is 2.26. The van der Waals surface area contributed by atoms with Crippen LogP contribution in [-0.2, 0) is 16.0 Å². The van der Waals surface area contributed by atoms with Crippen LogP contribution in [-0.4, -0.2) is 36.6 Å². The summed E-state index contributed by atoms with van der Waals surface area (Å²) in [6.07, 6.45) is -4.06. The Labute approximate surface area is 124 Å². The zero-order valence-electron chi connectivity index (χ0n) is 11.1. The SMILES string of the molecule is COc1cccc(Cl)c1CC(=O)NC(CC(F)F)C(=O)O. The molecule has 0 saturated carbocycles. The molecule has 0 aliphatic heterocycles. The number of halogens is 3. The average Bonchev–Trinajstić information content (AvgIpc) is 2.39. The summed E-state index contributed by atoms with van der Waals surface area (Å²) >= 11 is 5.94. The minimum absolute atomic E-state index is 0.268. The van der Waals surface area contributed by atoms with Crippen LogP contribution in [0.25, 0.3) is 0 Å². The highest BCUT2D eigenvalue weighted by atomic mass is 35.5. The Hall–Kier alpha value is -1.89. The molecule has 0 aliphatic carbocycles. The number of carboxylic acids is 1. The van der Waals surface area contributed by atoms with Crippen molar-refractivity contribution in [2.75, 3.05) is 7.11 Å². The number of alkyl halides is 2. The van der Waals surface area contributed by atoms with Crippen molar-refractivity contribution in [3.8, 4) is 5.75 Å². The summed E-state index contributed by atoms with van der Waals surface area (Å²) in [6.45, 7) is 0. The molecule has 8 heteroatoms. The number of amides is 1. The summed E-state index contributed by atoms with van der Waals surface area (Å²) in [4.78, 5) is 22.6. The number of ether oxygens (including phenoxy) is 1. The lowest BCUT2D eigenvalue weighted by molar-refractivity contribution is -0.142. The molecule has 1 atom stereocenters. The van der Waals surface area contributed by atoms with Gasteiger partial charge in [-0.05, 0) is 12.1 Å². The predicted octanol–water partition coefficient (Wildman–Crippen LogP) is 2.12. The van der Waals surface area contributed by atoms with Crippen molar-refractivity contribution in [1.82, 2.24) is 5.32 Å². The normalized spacial score (nSPS) is 12.0. The lowest BCUT2D eigenvalue weighted by Crippen LogP contribution is -2.42. The van der Waals surface area contributed by atoms with Crippen molar-refractivity contribution < 1.29 is 28.2 Å². The summed E-state index contributed by atoms with van der Waals surface area (Å²) in [5.74, 6) is -1.89. The Morgan fingerprint density at radius 1 is 1.43 bits per heavy atom. The van der Waals surface area contributed by atoms with Gasteiger partial charge in [-0.3, -0.25) is 4.79 Å². The van der Waals surface area contributed by atoms with Crippen LogP contribution in [0, 0.1) is 0 Å². The molecular weight excluding hydrogens is 308 g/mol. The maximum absolute atomic E-state index is 12.2. The maximum Gasteiger partial charge on any atom is 0.326 e. The third kappa shape index (κ3) is 5.18. The summed E-state index contributed by atoms with van der Waals surface area (Å²) in [5.41, 5.74) is 0.361. The smallest absolute Gasteiger partial charge is 0.326 e. The van der Waals surface area contributed by atoms with E-state index in [1.165, 1.54) is 7.11 Å². The second-order valence-electron chi connectivity index (χ2n) is 4.18. The van der Waals surface area contributed by atoms with Gasteiger partial charge in [0.05, 0.1) is 13.5 Å². The number of hydrogen-bond donors (Lipinski definition) is 2. The van der Waals surface area contributed by atoms with E-state index in [0.717, 1.165) is 0 Å². The molecule has 1 aromatic carbocycles. The van der Waals surface area contributed by atoms with Gasteiger partial charge in [0.15, 0.2) is 0 Å². The molecule has 0 heterocycles. The predicted molar refractivity (Wildman–Crippen MR) is 71.9 cm³/mol. The van der Waals surface area contributed by atoms with E-state index < -0.39 is 30.8 Å². The Bertz CT molecular complexity index is 525. The molecule has 5 nitrogen and oxygen atoms in total. The van der Waals surface area contributed by atoms with Gasteiger partial charge in [0.25, 0.3) is 0 Å². The Morgan fingerprint density at radius 3 is 2.62 bits per heavy atom. The molecular formula is C13H14ClF2NO4. The van der Waals surface area contributed by atoms with E-state index in [9.17, 15) is 18.4 Å². The fourth-order valence-corrected chi connectivity index (χ4v) is 1.94. The van der Waals surface area contributed by atoms with Crippen molar-refractivity contribution in [3.63, 3.8) is 0 Å². The summed E-state index contributed by atoms with van der Waals surface area (Å²) in [5, 5.41) is 11.1. The average molecular weight is 322 g/mol. The van der Waals surface area contributed by atoms with E-state index in [1.807, 2.05) is 5.32 Å². The second-order valence-corrected chi connectivity index (χ2v) is 4.59. The van der Waals surface area contributed by atoms with Gasteiger partial charge in [-0.25, -0.2) is 13.6 Å². The van der Waals surface area contributed by atoms with Crippen LogP contribution in [0.15, 0.2) is 18.2 Å². The Kier molecular flexibility index (Phi) is 6.36. The first kappa shape index (κ1) is 17.2. The number of hydrogen-bond acceptors (Lipinski definition) is 3. The van der Waals surface area contributed by atoms with E-state index in [2.05, 4.69) is 0 Å². The molecule has 0 spiro atoms. The van der Waals surface area contributed by atoms with Gasteiger partial charge < -0.3 is 15.2 Å². The lowest BCUT2D eigenvalue weighted by Gasteiger charge is -2.15. The molecule has 2 N–H and O–H groups in total. The minimum atomic E-state index is -2.83. The van der Waals surface area contributed by atoms with Gasteiger partial charge in [0, 0.05) is 17.0 Å². The fraction of sp³-hybridized carbons (Fsp3) is 0.385. The summed E-state index contributed by atoms with van der Waals surface area (Å²) < 4.78 is 29.5. The number of benzene rings is 1. The van der Waals surface area contributed by atoms with E-state index in [1.54, 1.807) is 18.2 Å². The number of rotatable bonds is 7. The zero-order chi connectivity index (χ0) is 16.0. The van der Waals surface area contributed by atoms with E-state index in [4.69, 9.17) is 21.4 Å². The third-order valence-electron chi connectivity index (χ3n) is 2.68. The highest BCUT2D eigenvalue weighted by Gasteiger charge is 2.24. The van der Waals surface area contributed by atoms with Gasteiger partial charge in [0.1, 0.15) is 11.8 Å². The molecule has 0 aliphatic rings. The van der Waals surface area contributed by atoms with Crippen molar-refractivity contribution >= 4 is 23.5 Å². The van der Waals surface area contributed by atoms with E-state index >= 15 is 0 Å². The second kappa shape index (κ2) is 7.78. The van der Waals surface area contributed by atoms with Crippen LogP contribution in [0.3, 0.4) is 0 Å². The number of aliphatic carboxylic acids is 1. The number of carbonyl (C=O) groups is 2. The molecule has 0 bridgehead atoms. The first-order valence-electron chi connectivity index (χ1n) is 5.96. The quantitative estimate of drug-likeness (QED) is 0.806. The van der Waals surface area contributed by atoms with Gasteiger partial charge >= 0.3 is 5.97 Å². The maximum atomic E-state index is 12.2. The molecule has 0 fully saturated rings. The van der Waals surface area contributed by atoms with Crippen molar-refractivity contribution in [3.05, 3.63) is 28.8 Å². The Balaban J connectivity index is 2.79. The minimum Gasteiger partial charge on any atom is -0.496 e. The number of carbonyl (C=O) groups excluding carboxylic acids is 1. The molecule has 0 radical (unpaired) electrons.